The number of aryl methyl sites for hydroxylation is 2. The molecule has 0 saturated carbocycles. The van der Waals surface area contributed by atoms with Crippen LogP contribution in [0.15, 0.2) is 51.7 Å². The number of fused-ring (bicyclic) bond motifs is 2. The van der Waals surface area contributed by atoms with Crippen molar-refractivity contribution >= 4 is 16.9 Å². The van der Waals surface area contributed by atoms with Crippen LogP contribution in [0.2, 0.25) is 0 Å². The van der Waals surface area contributed by atoms with Crippen molar-refractivity contribution < 1.29 is 9.21 Å². The van der Waals surface area contributed by atoms with Crippen LogP contribution in [0.25, 0.3) is 11.0 Å². The van der Waals surface area contributed by atoms with E-state index in [1.54, 1.807) is 11.9 Å². The molecule has 2 aromatic carbocycles. The van der Waals surface area contributed by atoms with Crippen LogP contribution in [0.1, 0.15) is 38.9 Å². The van der Waals surface area contributed by atoms with Crippen molar-refractivity contribution in [3.8, 4) is 0 Å². The molecular weight excluding hydrogens is 302 g/mol. The number of nitrogens with zero attached hydrogens (tertiary/aromatic N) is 1. The fourth-order valence-electron chi connectivity index (χ4n) is 3.37. The first-order valence-electron chi connectivity index (χ1n) is 7.89. The van der Waals surface area contributed by atoms with Gasteiger partial charge in [0.25, 0.3) is 5.91 Å². The highest BCUT2D eigenvalue weighted by molar-refractivity contribution is 5.99. The maximum absolute atomic E-state index is 13.1. The summed E-state index contributed by atoms with van der Waals surface area (Å²) < 4.78 is 5.86. The standard InChI is InChI=1S/C20H17NO3/c1-11-9-14-15(10-12(11)2)24-19-16(18(14)22)17(21(3)20(19)23)13-7-5-4-6-8-13/h4-10,17H,1-3H3/t17-/m1/s1. The molecule has 4 rings (SSSR count). The lowest BCUT2D eigenvalue weighted by atomic mass is 9.98. The molecular formula is C20H17NO3. The molecule has 1 atom stereocenters. The third-order valence-corrected chi connectivity index (χ3v) is 4.83. The van der Waals surface area contributed by atoms with Gasteiger partial charge < -0.3 is 9.32 Å². The second-order valence-corrected chi connectivity index (χ2v) is 6.34. The van der Waals surface area contributed by atoms with Gasteiger partial charge in [-0.3, -0.25) is 9.59 Å². The summed E-state index contributed by atoms with van der Waals surface area (Å²) in [5.41, 5.74) is 3.75. The summed E-state index contributed by atoms with van der Waals surface area (Å²) in [5.74, 6) is -0.0943. The lowest BCUT2D eigenvalue weighted by Gasteiger charge is -2.20. The molecule has 1 aliphatic heterocycles. The van der Waals surface area contributed by atoms with Gasteiger partial charge >= 0.3 is 0 Å². The monoisotopic (exact) mass is 319 g/mol. The van der Waals surface area contributed by atoms with E-state index in [1.807, 2.05) is 56.3 Å². The normalized spacial score (nSPS) is 16.7. The third-order valence-electron chi connectivity index (χ3n) is 4.83. The molecule has 120 valence electrons. The minimum atomic E-state index is -0.407. The highest BCUT2D eigenvalue weighted by atomic mass is 16.3. The third kappa shape index (κ3) is 1.92. The predicted molar refractivity (Wildman–Crippen MR) is 92.3 cm³/mol. The van der Waals surface area contributed by atoms with E-state index in [2.05, 4.69) is 0 Å². The molecule has 0 unspecified atom stereocenters. The van der Waals surface area contributed by atoms with Crippen molar-refractivity contribution in [1.82, 2.24) is 4.90 Å². The molecule has 0 spiro atoms. The van der Waals surface area contributed by atoms with Gasteiger partial charge in [0.15, 0.2) is 5.43 Å². The van der Waals surface area contributed by atoms with E-state index >= 15 is 0 Å². The van der Waals surface area contributed by atoms with Crippen LogP contribution >= 0.6 is 0 Å². The van der Waals surface area contributed by atoms with E-state index in [-0.39, 0.29) is 17.1 Å². The molecule has 3 aromatic rings. The van der Waals surface area contributed by atoms with Gasteiger partial charge in [-0.05, 0) is 42.7 Å². The minimum absolute atomic E-state index is 0.124. The van der Waals surface area contributed by atoms with Gasteiger partial charge in [0.05, 0.1) is 17.0 Å². The topological polar surface area (TPSA) is 50.5 Å². The summed E-state index contributed by atoms with van der Waals surface area (Å²) in [5, 5.41) is 0.529. The van der Waals surface area contributed by atoms with Crippen molar-refractivity contribution in [2.45, 2.75) is 19.9 Å². The Morgan fingerprint density at radius 1 is 1.00 bits per heavy atom. The van der Waals surface area contributed by atoms with Crippen molar-refractivity contribution in [2.24, 2.45) is 0 Å². The van der Waals surface area contributed by atoms with Crippen LogP contribution in [0, 0.1) is 13.8 Å². The maximum Gasteiger partial charge on any atom is 0.290 e. The van der Waals surface area contributed by atoms with E-state index < -0.39 is 6.04 Å². The Balaban J connectivity index is 2.07. The minimum Gasteiger partial charge on any atom is -0.450 e. The number of amides is 1. The fraction of sp³-hybridized carbons (Fsp3) is 0.200. The van der Waals surface area contributed by atoms with E-state index in [9.17, 15) is 9.59 Å². The van der Waals surface area contributed by atoms with Gasteiger partial charge in [0, 0.05) is 7.05 Å². The highest BCUT2D eigenvalue weighted by Gasteiger charge is 2.40. The van der Waals surface area contributed by atoms with Crippen molar-refractivity contribution in [3.05, 3.63) is 80.7 Å². The SMILES string of the molecule is Cc1cc2oc3c(c(=O)c2cc1C)[C@@H](c1ccccc1)N(C)C3=O. The van der Waals surface area contributed by atoms with Crippen LogP contribution in [0.4, 0.5) is 0 Å². The lowest BCUT2D eigenvalue weighted by molar-refractivity contribution is 0.0771. The highest BCUT2D eigenvalue weighted by Crippen LogP contribution is 2.37. The molecule has 0 N–H and O–H groups in total. The van der Waals surface area contributed by atoms with E-state index in [0.717, 1.165) is 16.7 Å². The van der Waals surface area contributed by atoms with Crippen LogP contribution in [-0.4, -0.2) is 17.9 Å². The lowest BCUT2D eigenvalue weighted by Crippen LogP contribution is -2.25. The van der Waals surface area contributed by atoms with Crippen LogP contribution < -0.4 is 5.43 Å². The van der Waals surface area contributed by atoms with Crippen molar-refractivity contribution in [3.63, 3.8) is 0 Å². The Bertz CT molecular complexity index is 1030. The average Bonchev–Trinajstić information content (AvgIpc) is 2.83. The summed E-state index contributed by atoms with van der Waals surface area (Å²) in [6.07, 6.45) is 0. The first-order valence-corrected chi connectivity index (χ1v) is 7.89. The molecule has 0 bridgehead atoms. The zero-order chi connectivity index (χ0) is 17.0. The second-order valence-electron chi connectivity index (χ2n) is 6.34. The van der Waals surface area contributed by atoms with Gasteiger partial charge in [-0.1, -0.05) is 30.3 Å². The maximum atomic E-state index is 13.1. The van der Waals surface area contributed by atoms with Gasteiger partial charge in [-0.25, -0.2) is 0 Å². The number of carbonyl (C=O) groups is 1. The number of hydrogen-bond donors (Lipinski definition) is 0. The summed E-state index contributed by atoms with van der Waals surface area (Å²) in [6, 6.07) is 12.8. The Hall–Kier alpha value is -2.88. The molecule has 0 saturated heterocycles. The molecule has 1 aliphatic rings. The quantitative estimate of drug-likeness (QED) is 0.689. The van der Waals surface area contributed by atoms with Gasteiger partial charge in [-0.15, -0.1) is 0 Å². The second kappa shape index (κ2) is 5.06. The molecule has 1 amide bonds. The zero-order valence-electron chi connectivity index (χ0n) is 13.8. The van der Waals surface area contributed by atoms with E-state index in [4.69, 9.17) is 4.42 Å². The Labute approximate surface area is 139 Å². The summed E-state index contributed by atoms with van der Waals surface area (Å²) in [4.78, 5) is 27.3. The largest absolute Gasteiger partial charge is 0.450 e. The Morgan fingerprint density at radius 2 is 1.67 bits per heavy atom. The number of rotatable bonds is 1. The first-order chi connectivity index (χ1) is 11.5. The number of hydrogen-bond acceptors (Lipinski definition) is 3. The van der Waals surface area contributed by atoms with Crippen molar-refractivity contribution in [2.75, 3.05) is 7.05 Å². The van der Waals surface area contributed by atoms with Gasteiger partial charge in [0.2, 0.25) is 5.76 Å². The molecule has 4 heteroatoms. The van der Waals surface area contributed by atoms with E-state index in [0.29, 0.717) is 16.5 Å². The molecule has 1 aromatic heterocycles. The summed E-state index contributed by atoms with van der Waals surface area (Å²) in [7, 11) is 1.70. The Kier molecular flexibility index (Phi) is 3.10. The zero-order valence-corrected chi connectivity index (χ0v) is 13.8. The van der Waals surface area contributed by atoms with Crippen LogP contribution in [0.5, 0.6) is 0 Å². The van der Waals surface area contributed by atoms with E-state index in [1.165, 1.54) is 0 Å². The molecule has 2 heterocycles. The smallest absolute Gasteiger partial charge is 0.290 e. The molecule has 0 aliphatic carbocycles. The van der Waals surface area contributed by atoms with Crippen molar-refractivity contribution in [1.29, 1.82) is 0 Å². The van der Waals surface area contributed by atoms with Gasteiger partial charge in [-0.2, -0.15) is 0 Å². The van der Waals surface area contributed by atoms with Crippen LogP contribution in [0.3, 0.4) is 0 Å². The Morgan fingerprint density at radius 3 is 2.38 bits per heavy atom. The van der Waals surface area contributed by atoms with Crippen LogP contribution in [-0.2, 0) is 0 Å². The molecule has 0 radical (unpaired) electrons. The number of benzene rings is 2. The predicted octanol–water partition coefficient (Wildman–Crippen LogP) is 3.58. The number of carbonyl (C=O) groups excluding carboxylic acids is 1. The summed E-state index contributed by atoms with van der Waals surface area (Å²) >= 11 is 0. The summed E-state index contributed by atoms with van der Waals surface area (Å²) in [6.45, 7) is 3.93. The molecule has 4 nitrogen and oxygen atoms in total. The first kappa shape index (κ1) is 14.7. The molecule has 24 heavy (non-hydrogen) atoms. The fourth-order valence-corrected chi connectivity index (χ4v) is 3.37. The van der Waals surface area contributed by atoms with Gasteiger partial charge in [0.1, 0.15) is 5.58 Å². The average molecular weight is 319 g/mol. The molecule has 0 fully saturated rings.